The molecule has 0 radical (unpaired) electrons. The van der Waals surface area contributed by atoms with Gasteiger partial charge in [0.1, 0.15) is 5.01 Å². The Balaban J connectivity index is 1.71. The van der Waals surface area contributed by atoms with Crippen LogP contribution in [0.3, 0.4) is 0 Å². The van der Waals surface area contributed by atoms with E-state index in [0.29, 0.717) is 24.7 Å². The fourth-order valence-electron chi connectivity index (χ4n) is 1.31. The molecule has 6 nitrogen and oxygen atoms in total. The highest BCUT2D eigenvalue weighted by molar-refractivity contribution is 7.09. The molecule has 0 aromatic carbocycles. The number of nitrogens with zero attached hydrogens (tertiary/aromatic N) is 3. The van der Waals surface area contributed by atoms with Gasteiger partial charge in [0.2, 0.25) is 12.3 Å². The molecule has 0 saturated carbocycles. The van der Waals surface area contributed by atoms with Crippen LogP contribution in [0.4, 0.5) is 0 Å². The zero-order valence-electron chi connectivity index (χ0n) is 9.43. The van der Waals surface area contributed by atoms with Gasteiger partial charge in [0.15, 0.2) is 5.82 Å². The van der Waals surface area contributed by atoms with E-state index in [1.807, 2.05) is 5.38 Å². The molecule has 0 aliphatic rings. The van der Waals surface area contributed by atoms with Gasteiger partial charge in [-0.1, -0.05) is 5.16 Å². The largest absolute Gasteiger partial charge is 0.355 e. The Hall–Kier alpha value is -1.47. The molecule has 18 heavy (non-hydrogen) atoms. The first kappa shape index (κ1) is 13.0. The van der Waals surface area contributed by atoms with Crippen LogP contribution in [0.25, 0.3) is 0 Å². The van der Waals surface area contributed by atoms with E-state index in [9.17, 15) is 4.79 Å². The topological polar surface area (TPSA) is 80.9 Å². The van der Waals surface area contributed by atoms with E-state index in [0.717, 1.165) is 10.7 Å². The monoisotopic (exact) mass is 286 g/mol. The van der Waals surface area contributed by atoms with Crippen LogP contribution in [0.5, 0.6) is 0 Å². The molecule has 0 bridgehead atoms. The molecule has 96 valence electrons. The van der Waals surface area contributed by atoms with Crippen molar-refractivity contribution in [3.05, 3.63) is 28.3 Å². The van der Waals surface area contributed by atoms with Crippen LogP contribution >= 0.6 is 22.9 Å². The molecule has 0 spiro atoms. The zero-order valence-corrected chi connectivity index (χ0v) is 11.0. The van der Waals surface area contributed by atoms with Crippen molar-refractivity contribution in [3.63, 3.8) is 0 Å². The van der Waals surface area contributed by atoms with E-state index in [1.165, 1.54) is 17.7 Å². The smallest absolute Gasteiger partial charge is 0.226 e. The van der Waals surface area contributed by atoms with Gasteiger partial charge < -0.3 is 9.84 Å². The van der Waals surface area contributed by atoms with Crippen molar-refractivity contribution in [2.45, 2.75) is 18.7 Å². The molecule has 1 N–H and O–H groups in total. The number of halogens is 1. The predicted molar refractivity (Wildman–Crippen MR) is 66.4 cm³/mol. The summed E-state index contributed by atoms with van der Waals surface area (Å²) in [4.78, 5) is 19.7. The number of carbonyl (C=O) groups excluding carboxylic acids is 1. The molecule has 0 aliphatic carbocycles. The van der Waals surface area contributed by atoms with Crippen molar-refractivity contribution in [1.82, 2.24) is 20.4 Å². The molecule has 0 atom stereocenters. The standard InChI is InChI=1S/C10H11ClN4O2S/c11-4-7-5-18-10(14-7)3-9(16)12-2-1-8-13-6-17-15-8/h5-6H,1-4H2,(H,12,16). The fourth-order valence-corrected chi connectivity index (χ4v) is 2.33. The number of rotatable bonds is 6. The zero-order chi connectivity index (χ0) is 12.8. The summed E-state index contributed by atoms with van der Waals surface area (Å²) >= 11 is 7.08. The van der Waals surface area contributed by atoms with Gasteiger partial charge in [0.25, 0.3) is 0 Å². The van der Waals surface area contributed by atoms with Crippen molar-refractivity contribution in [2.75, 3.05) is 6.54 Å². The van der Waals surface area contributed by atoms with Crippen molar-refractivity contribution >= 4 is 28.8 Å². The molecule has 2 rings (SSSR count). The minimum Gasteiger partial charge on any atom is -0.355 e. The quantitative estimate of drug-likeness (QED) is 0.806. The van der Waals surface area contributed by atoms with Crippen LogP contribution < -0.4 is 5.32 Å². The molecule has 2 heterocycles. The summed E-state index contributed by atoms with van der Waals surface area (Å²) in [5.74, 6) is 0.874. The number of thiazole rings is 1. The molecule has 2 aromatic rings. The average molecular weight is 287 g/mol. The van der Waals surface area contributed by atoms with Crippen molar-refractivity contribution in [2.24, 2.45) is 0 Å². The summed E-state index contributed by atoms with van der Waals surface area (Å²) < 4.78 is 4.59. The summed E-state index contributed by atoms with van der Waals surface area (Å²) in [5.41, 5.74) is 0.802. The minimum atomic E-state index is -0.0750. The molecule has 0 fully saturated rings. The number of aromatic nitrogens is 3. The third kappa shape index (κ3) is 3.78. The lowest BCUT2D eigenvalue weighted by atomic mass is 10.3. The molecule has 8 heteroatoms. The number of alkyl halides is 1. The second kappa shape index (κ2) is 6.46. The molecule has 2 aromatic heterocycles. The number of nitrogens with one attached hydrogen (secondary N) is 1. The van der Waals surface area contributed by atoms with Crippen LogP contribution in [0.2, 0.25) is 0 Å². The number of hydrogen-bond donors (Lipinski definition) is 1. The fraction of sp³-hybridized carbons (Fsp3) is 0.400. The van der Waals surface area contributed by atoms with E-state index in [1.54, 1.807) is 0 Å². The van der Waals surface area contributed by atoms with Gasteiger partial charge in [-0.25, -0.2) is 4.98 Å². The minimum absolute atomic E-state index is 0.0750. The van der Waals surface area contributed by atoms with E-state index in [2.05, 4.69) is 25.0 Å². The van der Waals surface area contributed by atoms with E-state index in [-0.39, 0.29) is 12.3 Å². The molecule has 0 saturated heterocycles. The summed E-state index contributed by atoms with van der Waals surface area (Å²) in [6, 6.07) is 0. The van der Waals surface area contributed by atoms with Gasteiger partial charge >= 0.3 is 0 Å². The first-order valence-electron chi connectivity index (χ1n) is 5.29. The van der Waals surface area contributed by atoms with Crippen molar-refractivity contribution in [3.8, 4) is 0 Å². The average Bonchev–Trinajstić information content (AvgIpc) is 3.00. The molecule has 0 unspecified atom stereocenters. The van der Waals surface area contributed by atoms with Gasteiger partial charge in [0, 0.05) is 18.3 Å². The SMILES string of the molecule is O=C(Cc1nc(CCl)cs1)NCCc1ncon1. The van der Waals surface area contributed by atoms with Crippen molar-refractivity contribution in [1.29, 1.82) is 0 Å². The summed E-state index contributed by atoms with van der Waals surface area (Å²) in [7, 11) is 0. The highest BCUT2D eigenvalue weighted by Gasteiger charge is 2.07. The first-order valence-corrected chi connectivity index (χ1v) is 6.70. The maximum absolute atomic E-state index is 11.6. The van der Waals surface area contributed by atoms with Crippen molar-refractivity contribution < 1.29 is 9.32 Å². The Bertz CT molecular complexity index is 500. The van der Waals surface area contributed by atoms with Gasteiger partial charge in [-0.15, -0.1) is 22.9 Å². The van der Waals surface area contributed by atoms with Gasteiger partial charge in [-0.05, 0) is 0 Å². The summed E-state index contributed by atoms with van der Waals surface area (Å²) in [5, 5.41) is 9.04. The third-order valence-electron chi connectivity index (χ3n) is 2.13. The Morgan fingerprint density at radius 1 is 1.56 bits per heavy atom. The van der Waals surface area contributed by atoms with Gasteiger partial charge in [-0.3, -0.25) is 4.79 Å². The Morgan fingerprint density at radius 2 is 2.44 bits per heavy atom. The Kier molecular flexibility index (Phi) is 4.66. The number of hydrogen-bond acceptors (Lipinski definition) is 6. The lowest BCUT2D eigenvalue weighted by molar-refractivity contribution is -0.120. The maximum Gasteiger partial charge on any atom is 0.226 e. The second-order valence-corrected chi connectivity index (χ2v) is 4.70. The summed E-state index contributed by atoms with van der Waals surface area (Å²) in [6.45, 7) is 0.478. The van der Waals surface area contributed by atoms with Crippen LogP contribution in [-0.2, 0) is 23.5 Å². The van der Waals surface area contributed by atoms with Crippen LogP contribution in [0, 0.1) is 0 Å². The van der Waals surface area contributed by atoms with Gasteiger partial charge in [-0.2, -0.15) is 4.98 Å². The number of amides is 1. The normalized spacial score (nSPS) is 10.5. The van der Waals surface area contributed by atoms with E-state index >= 15 is 0 Å². The van der Waals surface area contributed by atoms with E-state index < -0.39 is 0 Å². The Labute approximate surface area is 112 Å². The third-order valence-corrected chi connectivity index (χ3v) is 3.30. The predicted octanol–water partition coefficient (Wildman–Crippen LogP) is 1.17. The summed E-state index contributed by atoms with van der Waals surface area (Å²) in [6.07, 6.45) is 2.08. The van der Waals surface area contributed by atoms with Crippen LogP contribution in [0.15, 0.2) is 16.3 Å². The molecule has 0 aliphatic heterocycles. The molecule has 1 amide bonds. The Morgan fingerprint density at radius 3 is 3.11 bits per heavy atom. The lowest BCUT2D eigenvalue weighted by Crippen LogP contribution is -2.27. The molecular formula is C10H11ClN4O2S. The lowest BCUT2D eigenvalue weighted by Gasteiger charge is -2.01. The first-order chi connectivity index (χ1) is 8.78. The highest BCUT2D eigenvalue weighted by Crippen LogP contribution is 2.11. The number of carbonyl (C=O) groups is 1. The maximum atomic E-state index is 11.6. The molecular weight excluding hydrogens is 276 g/mol. The van der Waals surface area contributed by atoms with E-state index in [4.69, 9.17) is 11.6 Å². The van der Waals surface area contributed by atoms with Crippen LogP contribution in [-0.4, -0.2) is 27.6 Å². The van der Waals surface area contributed by atoms with Gasteiger partial charge in [0.05, 0.1) is 18.0 Å². The highest BCUT2D eigenvalue weighted by atomic mass is 35.5. The van der Waals surface area contributed by atoms with Crippen LogP contribution in [0.1, 0.15) is 16.5 Å². The second-order valence-electron chi connectivity index (χ2n) is 3.49.